The van der Waals surface area contributed by atoms with Gasteiger partial charge >= 0.3 is 5.97 Å². The van der Waals surface area contributed by atoms with E-state index in [4.69, 9.17) is 16.3 Å². The van der Waals surface area contributed by atoms with E-state index in [1.807, 2.05) is 6.92 Å². The average Bonchev–Trinajstić information content (AvgIpc) is 2.80. The molecule has 1 saturated heterocycles. The van der Waals surface area contributed by atoms with E-state index in [9.17, 15) is 18.0 Å². The number of rotatable bonds is 8. The van der Waals surface area contributed by atoms with Gasteiger partial charge in [0.2, 0.25) is 15.9 Å². The number of piperidine rings is 1. The molecule has 0 spiro atoms. The summed E-state index contributed by atoms with van der Waals surface area (Å²) in [6.45, 7) is 4.39. The van der Waals surface area contributed by atoms with Crippen LogP contribution in [-0.2, 0) is 30.9 Å². The number of hydrogen-bond acceptors (Lipinski definition) is 5. The van der Waals surface area contributed by atoms with Gasteiger partial charge in [0.1, 0.15) is 0 Å². The van der Waals surface area contributed by atoms with E-state index < -0.39 is 10.0 Å². The number of likely N-dealkylation sites (tertiary alicyclic amines) is 1. The third-order valence-electron chi connectivity index (χ3n) is 5.74. The molecule has 0 aliphatic carbocycles. The predicted molar refractivity (Wildman–Crippen MR) is 126 cm³/mol. The fraction of sp³-hybridized carbons (Fsp3) is 0.417. The van der Waals surface area contributed by atoms with Crippen molar-refractivity contribution >= 4 is 33.5 Å². The van der Waals surface area contributed by atoms with Gasteiger partial charge in [0, 0.05) is 24.7 Å². The van der Waals surface area contributed by atoms with Crippen molar-refractivity contribution in [3.8, 4) is 0 Å². The van der Waals surface area contributed by atoms with Gasteiger partial charge in [0.05, 0.1) is 24.0 Å². The van der Waals surface area contributed by atoms with Crippen LogP contribution < -0.4 is 0 Å². The van der Waals surface area contributed by atoms with Crippen LogP contribution >= 0.6 is 11.6 Å². The van der Waals surface area contributed by atoms with Gasteiger partial charge in [-0.3, -0.25) is 9.59 Å². The van der Waals surface area contributed by atoms with Gasteiger partial charge in [-0.25, -0.2) is 8.42 Å². The van der Waals surface area contributed by atoms with E-state index in [-0.39, 0.29) is 35.8 Å². The van der Waals surface area contributed by atoms with Gasteiger partial charge in [-0.15, -0.1) is 0 Å². The topological polar surface area (TPSA) is 84.0 Å². The van der Waals surface area contributed by atoms with E-state index in [1.165, 1.54) is 4.31 Å². The van der Waals surface area contributed by atoms with Gasteiger partial charge in [-0.2, -0.15) is 4.31 Å². The maximum Gasteiger partial charge on any atom is 0.309 e. The summed E-state index contributed by atoms with van der Waals surface area (Å²) in [5.41, 5.74) is 1.55. The third-order valence-corrected chi connectivity index (χ3v) is 7.92. The van der Waals surface area contributed by atoms with E-state index in [2.05, 4.69) is 0 Å². The maximum absolute atomic E-state index is 13.4. The van der Waals surface area contributed by atoms with Gasteiger partial charge < -0.3 is 9.64 Å². The van der Waals surface area contributed by atoms with Crippen molar-refractivity contribution < 1.29 is 22.7 Å². The molecule has 3 rings (SSSR count). The molecule has 0 N–H and O–H groups in total. The highest BCUT2D eigenvalue weighted by Crippen LogP contribution is 2.24. The summed E-state index contributed by atoms with van der Waals surface area (Å²) in [5, 5.41) is 0.435. The molecule has 2 aromatic rings. The molecule has 7 nitrogen and oxygen atoms in total. The Balaban J connectivity index is 1.78. The molecular weight excluding hydrogens is 464 g/mol. The molecule has 178 valence electrons. The number of benzene rings is 2. The summed E-state index contributed by atoms with van der Waals surface area (Å²) in [5.74, 6) is -0.781. The van der Waals surface area contributed by atoms with Gasteiger partial charge in [-0.05, 0) is 50.5 Å². The Bertz CT molecular complexity index is 1080. The second-order valence-electron chi connectivity index (χ2n) is 8.08. The summed E-state index contributed by atoms with van der Waals surface area (Å²) in [4.78, 5) is 26.8. The summed E-state index contributed by atoms with van der Waals surface area (Å²) >= 11 is 6.28. The molecule has 0 aromatic heterocycles. The zero-order valence-electron chi connectivity index (χ0n) is 18.9. The van der Waals surface area contributed by atoms with Gasteiger partial charge in [0.15, 0.2) is 0 Å². The second kappa shape index (κ2) is 11.1. The fourth-order valence-electron chi connectivity index (χ4n) is 3.78. The molecule has 1 fully saturated rings. The number of amides is 1. The van der Waals surface area contributed by atoms with E-state index in [0.717, 1.165) is 5.56 Å². The predicted octanol–water partition coefficient (Wildman–Crippen LogP) is 3.64. The van der Waals surface area contributed by atoms with Crippen LogP contribution in [0.5, 0.6) is 0 Å². The van der Waals surface area contributed by atoms with Crippen LogP contribution in [-0.4, -0.2) is 55.7 Å². The molecule has 33 heavy (non-hydrogen) atoms. The lowest BCUT2D eigenvalue weighted by Crippen LogP contribution is -2.46. The maximum atomic E-state index is 13.4. The number of esters is 1. The zero-order chi connectivity index (χ0) is 24.0. The summed E-state index contributed by atoms with van der Waals surface area (Å²) in [6.07, 6.45) is 1.000. The first-order valence-corrected chi connectivity index (χ1v) is 12.8. The Kier molecular flexibility index (Phi) is 8.51. The van der Waals surface area contributed by atoms with Crippen LogP contribution in [0.2, 0.25) is 5.02 Å². The molecule has 0 bridgehead atoms. The Labute approximate surface area is 200 Å². The number of aryl methyl sites for hydroxylation is 1. The number of sulfonamides is 1. The SMILES string of the molecule is CCOC(=O)C1CCN(C(=O)CN(Cc2ccccc2Cl)S(=O)(=O)c2ccc(C)cc2)CC1. The molecule has 1 aliphatic rings. The summed E-state index contributed by atoms with van der Waals surface area (Å²) in [6, 6.07) is 13.5. The first-order valence-electron chi connectivity index (χ1n) is 11.0. The van der Waals surface area contributed by atoms with Crippen molar-refractivity contribution in [2.75, 3.05) is 26.2 Å². The minimum Gasteiger partial charge on any atom is -0.466 e. The lowest BCUT2D eigenvalue weighted by molar-refractivity contribution is -0.151. The van der Waals surface area contributed by atoms with Crippen LogP contribution in [0.1, 0.15) is 30.9 Å². The quantitative estimate of drug-likeness (QED) is 0.525. The first kappa shape index (κ1) is 25.2. The Morgan fingerprint density at radius 3 is 2.33 bits per heavy atom. The van der Waals surface area contributed by atoms with E-state index >= 15 is 0 Å². The average molecular weight is 493 g/mol. The number of hydrogen-bond donors (Lipinski definition) is 0. The molecular formula is C24H29ClN2O5S. The molecule has 0 radical (unpaired) electrons. The number of carbonyl (C=O) groups excluding carboxylic acids is 2. The van der Waals surface area contributed by atoms with Crippen LogP contribution in [0.3, 0.4) is 0 Å². The normalized spacial score (nSPS) is 15.0. The van der Waals surface area contributed by atoms with Crippen molar-refractivity contribution in [3.63, 3.8) is 0 Å². The van der Waals surface area contributed by atoms with Gasteiger partial charge in [0.25, 0.3) is 0 Å². The molecule has 1 amide bonds. The number of nitrogens with zero attached hydrogens (tertiary/aromatic N) is 2. The molecule has 0 unspecified atom stereocenters. The number of halogens is 1. The second-order valence-corrected chi connectivity index (χ2v) is 10.4. The van der Waals surface area contributed by atoms with E-state index in [0.29, 0.717) is 43.1 Å². The molecule has 2 aromatic carbocycles. The fourth-order valence-corrected chi connectivity index (χ4v) is 5.34. The number of ether oxygens (including phenoxy) is 1. The van der Waals surface area contributed by atoms with E-state index in [1.54, 1.807) is 60.4 Å². The summed E-state index contributed by atoms with van der Waals surface area (Å²) < 4.78 is 33.1. The lowest BCUT2D eigenvalue weighted by atomic mass is 9.97. The molecule has 1 heterocycles. The molecule has 1 aliphatic heterocycles. The lowest BCUT2D eigenvalue weighted by Gasteiger charge is -2.32. The largest absolute Gasteiger partial charge is 0.466 e. The van der Waals surface area contributed by atoms with Gasteiger partial charge in [-0.1, -0.05) is 47.5 Å². The van der Waals surface area contributed by atoms with Crippen LogP contribution in [0.4, 0.5) is 0 Å². The van der Waals surface area contributed by atoms with Crippen LogP contribution in [0.25, 0.3) is 0 Å². The molecule has 0 atom stereocenters. The zero-order valence-corrected chi connectivity index (χ0v) is 20.4. The molecule has 0 saturated carbocycles. The van der Waals surface area contributed by atoms with Crippen molar-refractivity contribution in [2.45, 2.75) is 38.1 Å². The minimum atomic E-state index is -3.94. The molecule has 9 heteroatoms. The highest BCUT2D eigenvalue weighted by atomic mass is 35.5. The third kappa shape index (κ3) is 6.34. The highest BCUT2D eigenvalue weighted by Gasteiger charge is 2.32. The Morgan fingerprint density at radius 2 is 1.73 bits per heavy atom. The smallest absolute Gasteiger partial charge is 0.309 e. The Morgan fingerprint density at radius 1 is 1.09 bits per heavy atom. The Hall–Kier alpha value is -2.42. The standard InChI is InChI=1S/C24H29ClN2O5S/c1-3-32-24(29)19-12-14-26(15-13-19)23(28)17-27(16-20-6-4-5-7-22(20)25)33(30,31)21-10-8-18(2)9-11-21/h4-11,19H,3,12-17H2,1-2H3. The van der Waals surface area contributed by atoms with Crippen LogP contribution in [0.15, 0.2) is 53.4 Å². The number of carbonyl (C=O) groups is 2. The highest BCUT2D eigenvalue weighted by molar-refractivity contribution is 7.89. The van der Waals surface area contributed by atoms with Crippen molar-refractivity contribution in [1.82, 2.24) is 9.21 Å². The first-order chi connectivity index (χ1) is 15.7. The monoisotopic (exact) mass is 492 g/mol. The minimum absolute atomic E-state index is 0.0269. The van der Waals surface area contributed by atoms with Crippen molar-refractivity contribution in [3.05, 3.63) is 64.7 Å². The van der Waals surface area contributed by atoms with Crippen LogP contribution in [0, 0.1) is 12.8 Å². The summed E-state index contributed by atoms with van der Waals surface area (Å²) in [7, 11) is -3.94. The van der Waals surface area contributed by atoms with Crippen molar-refractivity contribution in [2.24, 2.45) is 5.92 Å². The van der Waals surface area contributed by atoms with Crippen molar-refractivity contribution in [1.29, 1.82) is 0 Å².